The molecule has 0 aliphatic heterocycles. The summed E-state index contributed by atoms with van der Waals surface area (Å²) in [6.45, 7) is 0.205. The van der Waals surface area contributed by atoms with E-state index in [1.165, 1.54) is 0 Å². The Bertz CT molecular complexity index is 363. The molecule has 1 aromatic rings. The summed E-state index contributed by atoms with van der Waals surface area (Å²) in [7, 11) is -3.20. The maximum Gasteiger partial charge on any atom is 0.212 e. The molecule has 2 N–H and O–H groups in total. The number of H-pyrrole nitrogens is 1. The number of hydrogen-bond donors (Lipinski definition) is 2. The molecule has 0 unspecified atom stereocenters. The maximum atomic E-state index is 11.4. The van der Waals surface area contributed by atoms with Crippen molar-refractivity contribution < 1.29 is 8.42 Å². The van der Waals surface area contributed by atoms with Crippen LogP contribution in [-0.2, 0) is 16.6 Å². The van der Waals surface area contributed by atoms with Gasteiger partial charge in [-0.1, -0.05) is 0 Å². The molecule has 0 fully saturated rings. The largest absolute Gasteiger partial charge is 0.347 e. The van der Waals surface area contributed by atoms with Crippen molar-refractivity contribution in [3.8, 4) is 0 Å². The minimum Gasteiger partial charge on any atom is -0.347 e. The summed E-state index contributed by atoms with van der Waals surface area (Å²) in [6.07, 6.45) is 4.52. The van der Waals surface area contributed by atoms with Gasteiger partial charge in [-0.2, -0.15) is 0 Å². The van der Waals surface area contributed by atoms with Crippen molar-refractivity contribution in [2.75, 3.05) is 11.6 Å². The number of halogens is 1. The normalized spacial score (nSPS) is 11.8. The number of sulfonamides is 1. The maximum absolute atomic E-state index is 11.4. The molecule has 1 rings (SSSR count). The van der Waals surface area contributed by atoms with Crippen molar-refractivity contribution in [1.29, 1.82) is 0 Å². The third-order valence-corrected chi connectivity index (χ3v) is 3.49. The lowest BCUT2D eigenvalue weighted by Gasteiger charge is -2.04. The van der Waals surface area contributed by atoms with Gasteiger partial charge in [0.15, 0.2) is 0 Å². The average molecular weight is 252 g/mol. The lowest BCUT2D eigenvalue weighted by Crippen LogP contribution is -2.26. The van der Waals surface area contributed by atoms with E-state index in [1.807, 2.05) is 0 Å². The fourth-order valence-electron chi connectivity index (χ4n) is 1.03. The average Bonchev–Trinajstić information content (AvgIpc) is 2.68. The van der Waals surface area contributed by atoms with Crippen molar-refractivity contribution >= 4 is 21.6 Å². The Morgan fingerprint density at radius 2 is 2.27 bits per heavy atom. The number of alkyl halides is 1. The molecule has 0 saturated heterocycles. The summed E-state index contributed by atoms with van der Waals surface area (Å²) in [5.41, 5.74) is 0. The summed E-state index contributed by atoms with van der Waals surface area (Å²) in [5.74, 6) is 1.21. The van der Waals surface area contributed by atoms with E-state index in [4.69, 9.17) is 11.6 Å². The summed E-state index contributed by atoms with van der Waals surface area (Å²) < 4.78 is 25.3. The monoisotopic (exact) mass is 251 g/mol. The predicted molar refractivity (Wildman–Crippen MR) is 59.2 cm³/mol. The molecule has 5 nitrogen and oxygen atoms in total. The lowest BCUT2D eigenvalue weighted by atomic mass is 10.4. The van der Waals surface area contributed by atoms with Gasteiger partial charge in [0.2, 0.25) is 10.0 Å². The number of hydrogen-bond acceptors (Lipinski definition) is 3. The van der Waals surface area contributed by atoms with Crippen LogP contribution in [-0.4, -0.2) is 30.0 Å². The molecule has 0 aliphatic carbocycles. The standard InChI is InChI=1S/C8H14ClN3O2S/c9-3-1-2-6-15(13,14)12-7-8-10-4-5-11-8/h4-5,12H,1-3,6-7H2,(H,10,11). The van der Waals surface area contributed by atoms with Gasteiger partial charge in [-0.25, -0.2) is 18.1 Å². The highest BCUT2D eigenvalue weighted by Gasteiger charge is 2.09. The van der Waals surface area contributed by atoms with E-state index in [0.29, 0.717) is 24.5 Å². The first-order chi connectivity index (χ1) is 7.14. The van der Waals surface area contributed by atoms with Crippen LogP contribution in [0.5, 0.6) is 0 Å². The molecule has 1 aromatic heterocycles. The third kappa shape index (κ3) is 5.15. The second-order valence-corrected chi connectivity index (χ2v) is 5.38. The van der Waals surface area contributed by atoms with Crippen molar-refractivity contribution in [3.63, 3.8) is 0 Å². The van der Waals surface area contributed by atoms with Crippen molar-refractivity contribution in [3.05, 3.63) is 18.2 Å². The molecular formula is C8H14ClN3O2S. The summed E-state index contributed by atoms with van der Waals surface area (Å²) in [5, 5.41) is 0. The van der Waals surface area contributed by atoms with Crippen LogP contribution in [0.3, 0.4) is 0 Å². The quantitative estimate of drug-likeness (QED) is 0.557. The van der Waals surface area contributed by atoms with Crippen molar-refractivity contribution in [2.24, 2.45) is 0 Å². The zero-order valence-electron chi connectivity index (χ0n) is 8.24. The fourth-order valence-corrected chi connectivity index (χ4v) is 2.31. The highest BCUT2D eigenvalue weighted by molar-refractivity contribution is 7.89. The number of nitrogens with one attached hydrogen (secondary N) is 2. The Balaban J connectivity index is 2.30. The van der Waals surface area contributed by atoms with Crippen LogP contribution in [0.15, 0.2) is 12.4 Å². The summed E-state index contributed by atoms with van der Waals surface area (Å²) in [6, 6.07) is 0. The molecular weight excluding hydrogens is 238 g/mol. The van der Waals surface area contributed by atoms with E-state index in [0.717, 1.165) is 0 Å². The van der Waals surface area contributed by atoms with Gasteiger partial charge in [0.05, 0.1) is 12.3 Å². The van der Waals surface area contributed by atoms with Crippen LogP contribution in [0.2, 0.25) is 0 Å². The van der Waals surface area contributed by atoms with Crippen LogP contribution in [0.4, 0.5) is 0 Å². The van der Waals surface area contributed by atoms with Gasteiger partial charge in [0, 0.05) is 18.3 Å². The van der Waals surface area contributed by atoms with Gasteiger partial charge in [0.25, 0.3) is 0 Å². The minimum absolute atomic E-state index is 0.112. The molecule has 15 heavy (non-hydrogen) atoms. The molecule has 1 heterocycles. The Kier molecular flexibility index (Phi) is 5.07. The Morgan fingerprint density at radius 3 is 2.87 bits per heavy atom. The zero-order valence-corrected chi connectivity index (χ0v) is 9.81. The van der Waals surface area contributed by atoms with Crippen LogP contribution >= 0.6 is 11.6 Å². The van der Waals surface area contributed by atoms with Crippen LogP contribution in [0.1, 0.15) is 18.7 Å². The Hall–Kier alpha value is -0.590. The zero-order chi connectivity index (χ0) is 11.1. The van der Waals surface area contributed by atoms with E-state index < -0.39 is 10.0 Å². The van der Waals surface area contributed by atoms with Gasteiger partial charge in [0.1, 0.15) is 5.82 Å². The molecule has 0 radical (unpaired) electrons. The van der Waals surface area contributed by atoms with Gasteiger partial charge < -0.3 is 4.98 Å². The van der Waals surface area contributed by atoms with E-state index in [1.54, 1.807) is 12.4 Å². The first-order valence-corrected chi connectivity index (χ1v) is 6.84. The number of unbranched alkanes of at least 4 members (excludes halogenated alkanes) is 1. The first kappa shape index (κ1) is 12.5. The molecule has 0 amide bonds. The highest BCUT2D eigenvalue weighted by atomic mass is 35.5. The van der Waals surface area contributed by atoms with Crippen molar-refractivity contribution in [1.82, 2.24) is 14.7 Å². The fraction of sp³-hybridized carbons (Fsp3) is 0.625. The van der Waals surface area contributed by atoms with E-state index >= 15 is 0 Å². The molecule has 0 atom stereocenters. The topological polar surface area (TPSA) is 74.8 Å². The highest BCUT2D eigenvalue weighted by Crippen LogP contribution is 1.97. The van der Waals surface area contributed by atoms with E-state index in [9.17, 15) is 8.42 Å². The number of imidazole rings is 1. The summed E-state index contributed by atoms with van der Waals surface area (Å²) in [4.78, 5) is 6.73. The second kappa shape index (κ2) is 6.09. The van der Waals surface area contributed by atoms with Crippen LogP contribution in [0.25, 0.3) is 0 Å². The smallest absolute Gasteiger partial charge is 0.212 e. The number of rotatable bonds is 7. The number of aromatic nitrogens is 2. The molecule has 0 saturated carbocycles. The lowest BCUT2D eigenvalue weighted by molar-refractivity contribution is 0.576. The molecule has 0 spiro atoms. The Morgan fingerprint density at radius 1 is 1.47 bits per heavy atom. The second-order valence-electron chi connectivity index (χ2n) is 3.07. The molecule has 86 valence electrons. The number of nitrogens with zero attached hydrogens (tertiary/aromatic N) is 1. The van der Waals surface area contributed by atoms with E-state index in [-0.39, 0.29) is 12.3 Å². The van der Waals surface area contributed by atoms with Crippen LogP contribution < -0.4 is 4.72 Å². The Labute approximate surface area is 94.3 Å². The van der Waals surface area contributed by atoms with Gasteiger partial charge >= 0.3 is 0 Å². The summed E-state index contributed by atoms with van der Waals surface area (Å²) >= 11 is 5.46. The van der Waals surface area contributed by atoms with E-state index in [2.05, 4.69) is 14.7 Å². The minimum atomic E-state index is -3.20. The van der Waals surface area contributed by atoms with Gasteiger partial charge in [-0.3, -0.25) is 0 Å². The van der Waals surface area contributed by atoms with Gasteiger partial charge in [-0.05, 0) is 12.8 Å². The van der Waals surface area contributed by atoms with Crippen LogP contribution in [0, 0.1) is 0 Å². The predicted octanol–water partition coefficient (Wildman–Crippen LogP) is 0.848. The third-order valence-electron chi connectivity index (χ3n) is 1.81. The molecule has 0 bridgehead atoms. The SMILES string of the molecule is O=S(=O)(CCCCCl)NCc1ncc[nH]1. The van der Waals surface area contributed by atoms with Crippen molar-refractivity contribution in [2.45, 2.75) is 19.4 Å². The first-order valence-electron chi connectivity index (χ1n) is 4.65. The van der Waals surface area contributed by atoms with Gasteiger partial charge in [-0.15, -0.1) is 11.6 Å². The molecule has 0 aliphatic rings. The molecule has 0 aromatic carbocycles. The number of aromatic amines is 1. The molecule has 7 heteroatoms.